The lowest BCUT2D eigenvalue weighted by atomic mass is 10.1. The third-order valence-electron chi connectivity index (χ3n) is 3.82. The third-order valence-corrected chi connectivity index (χ3v) is 4.76. The molecule has 1 N–H and O–H groups in total. The number of aromatic nitrogens is 2. The van der Waals surface area contributed by atoms with E-state index in [-0.39, 0.29) is 17.6 Å². The van der Waals surface area contributed by atoms with Gasteiger partial charge >= 0.3 is 5.97 Å². The van der Waals surface area contributed by atoms with Crippen molar-refractivity contribution in [1.82, 2.24) is 9.55 Å². The van der Waals surface area contributed by atoms with Crippen LogP contribution in [0.4, 0.5) is 5.69 Å². The van der Waals surface area contributed by atoms with Gasteiger partial charge in [-0.25, -0.2) is 4.98 Å². The van der Waals surface area contributed by atoms with Gasteiger partial charge in [0.25, 0.3) is 0 Å². The number of aryl methyl sites for hydroxylation is 2. The van der Waals surface area contributed by atoms with Gasteiger partial charge in [0.15, 0.2) is 5.16 Å². The Kier molecular flexibility index (Phi) is 6.16. The van der Waals surface area contributed by atoms with Crippen LogP contribution in [0.1, 0.15) is 18.1 Å². The number of rotatable bonds is 6. The molecule has 1 amide bonds. The molecule has 0 spiro atoms. The van der Waals surface area contributed by atoms with Gasteiger partial charge in [0, 0.05) is 30.7 Å². The summed E-state index contributed by atoms with van der Waals surface area (Å²) in [7, 11) is 0. The van der Waals surface area contributed by atoms with Crippen LogP contribution in [-0.2, 0) is 9.59 Å². The minimum absolute atomic E-state index is 0.134. The fraction of sp³-hybridized carbons (Fsp3) is 0.190. The summed E-state index contributed by atoms with van der Waals surface area (Å²) in [5, 5.41) is 3.39. The summed E-state index contributed by atoms with van der Waals surface area (Å²) >= 11 is 1.32. The fourth-order valence-electron chi connectivity index (χ4n) is 2.78. The molecule has 3 rings (SSSR count). The number of esters is 1. The molecular formula is C21H21N3O3S. The largest absolute Gasteiger partial charge is 0.426 e. The first-order valence-corrected chi connectivity index (χ1v) is 9.72. The van der Waals surface area contributed by atoms with Crippen LogP contribution in [0, 0.1) is 13.8 Å². The van der Waals surface area contributed by atoms with Crippen molar-refractivity contribution in [3.05, 3.63) is 66.0 Å². The number of anilines is 1. The molecule has 0 aliphatic heterocycles. The number of benzene rings is 2. The normalized spacial score (nSPS) is 10.5. The van der Waals surface area contributed by atoms with E-state index in [1.807, 2.05) is 10.8 Å². The van der Waals surface area contributed by atoms with E-state index in [1.54, 1.807) is 30.5 Å². The molecule has 0 aliphatic rings. The molecule has 0 fully saturated rings. The van der Waals surface area contributed by atoms with E-state index in [2.05, 4.69) is 42.3 Å². The van der Waals surface area contributed by atoms with Crippen molar-refractivity contribution in [3.63, 3.8) is 0 Å². The van der Waals surface area contributed by atoms with Gasteiger partial charge in [0.1, 0.15) is 5.75 Å². The standard InChI is InChI=1S/C21H21N3O3S/c1-14-10-15(2)12-18(11-14)24-9-8-22-21(24)28-13-20(26)27-19-6-4-17(5-7-19)23-16(3)25/h4-12H,13H2,1-3H3,(H,23,25). The molecule has 0 atom stereocenters. The van der Waals surface area contributed by atoms with Gasteiger partial charge in [-0.2, -0.15) is 0 Å². The highest BCUT2D eigenvalue weighted by atomic mass is 32.2. The summed E-state index contributed by atoms with van der Waals surface area (Å²) in [6.07, 6.45) is 3.59. The highest BCUT2D eigenvalue weighted by Crippen LogP contribution is 2.23. The first-order valence-electron chi connectivity index (χ1n) is 8.74. The lowest BCUT2D eigenvalue weighted by Crippen LogP contribution is -2.11. The SMILES string of the molecule is CC(=O)Nc1ccc(OC(=O)CSc2nccn2-c2cc(C)cc(C)c2)cc1. The van der Waals surface area contributed by atoms with Crippen LogP contribution in [0.15, 0.2) is 60.0 Å². The van der Waals surface area contributed by atoms with Crippen molar-refractivity contribution in [1.29, 1.82) is 0 Å². The van der Waals surface area contributed by atoms with Gasteiger partial charge in [0.2, 0.25) is 5.91 Å². The molecule has 1 aromatic heterocycles. The van der Waals surface area contributed by atoms with Crippen LogP contribution in [0.5, 0.6) is 5.75 Å². The van der Waals surface area contributed by atoms with Gasteiger partial charge in [-0.3, -0.25) is 14.2 Å². The Morgan fingerprint density at radius 3 is 2.43 bits per heavy atom. The van der Waals surface area contributed by atoms with Crippen molar-refractivity contribution in [2.45, 2.75) is 25.9 Å². The molecule has 0 radical (unpaired) electrons. The van der Waals surface area contributed by atoms with Gasteiger partial charge in [-0.1, -0.05) is 17.8 Å². The smallest absolute Gasteiger partial charge is 0.321 e. The van der Waals surface area contributed by atoms with Gasteiger partial charge in [0.05, 0.1) is 5.75 Å². The number of thioether (sulfide) groups is 1. The summed E-state index contributed by atoms with van der Waals surface area (Å²) < 4.78 is 7.31. The summed E-state index contributed by atoms with van der Waals surface area (Å²) in [6.45, 7) is 5.54. The van der Waals surface area contributed by atoms with Crippen molar-refractivity contribution in [2.24, 2.45) is 0 Å². The topological polar surface area (TPSA) is 73.2 Å². The van der Waals surface area contributed by atoms with Crippen LogP contribution < -0.4 is 10.1 Å². The number of hydrogen-bond acceptors (Lipinski definition) is 5. The Morgan fingerprint density at radius 1 is 1.11 bits per heavy atom. The van der Waals surface area contributed by atoms with E-state index in [0.717, 1.165) is 10.8 Å². The zero-order valence-electron chi connectivity index (χ0n) is 15.9. The van der Waals surface area contributed by atoms with E-state index in [9.17, 15) is 9.59 Å². The molecule has 6 nitrogen and oxygen atoms in total. The number of nitrogens with one attached hydrogen (secondary N) is 1. The highest BCUT2D eigenvalue weighted by molar-refractivity contribution is 7.99. The predicted octanol–water partition coefficient (Wildman–Crippen LogP) is 4.15. The number of imidazole rings is 1. The van der Waals surface area contributed by atoms with Crippen LogP contribution in [0.2, 0.25) is 0 Å². The number of hydrogen-bond donors (Lipinski definition) is 1. The lowest BCUT2D eigenvalue weighted by molar-refractivity contribution is -0.131. The summed E-state index contributed by atoms with van der Waals surface area (Å²) in [5.74, 6) is 0.0416. The van der Waals surface area contributed by atoms with E-state index >= 15 is 0 Å². The number of carbonyl (C=O) groups is 2. The minimum atomic E-state index is -0.368. The Labute approximate surface area is 167 Å². The van der Waals surface area contributed by atoms with E-state index in [4.69, 9.17) is 4.74 Å². The lowest BCUT2D eigenvalue weighted by Gasteiger charge is -2.10. The molecule has 0 saturated heterocycles. The second-order valence-electron chi connectivity index (χ2n) is 6.39. The van der Waals surface area contributed by atoms with Crippen LogP contribution in [0.25, 0.3) is 5.69 Å². The molecule has 144 valence electrons. The molecule has 0 unspecified atom stereocenters. The minimum Gasteiger partial charge on any atom is -0.426 e. The van der Waals surface area contributed by atoms with Crippen molar-refractivity contribution in [3.8, 4) is 11.4 Å². The zero-order valence-corrected chi connectivity index (χ0v) is 16.7. The quantitative estimate of drug-likeness (QED) is 0.386. The average Bonchev–Trinajstić information content (AvgIpc) is 3.09. The molecule has 0 bridgehead atoms. The van der Waals surface area contributed by atoms with Gasteiger partial charge < -0.3 is 10.1 Å². The molecular weight excluding hydrogens is 374 g/mol. The van der Waals surface area contributed by atoms with Gasteiger partial charge in [-0.05, 0) is 61.4 Å². The second kappa shape index (κ2) is 8.75. The number of amides is 1. The summed E-state index contributed by atoms with van der Waals surface area (Å²) in [6, 6.07) is 12.9. The molecule has 7 heteroatoms. The Hall–Kier alpha value is -3.06. The highest BCUT2D eigenvalue weighted by Gasteiger charge is 2.11. The second-order valence-corrected chi connectivity index (χ2v) is 7.34. The monoisotopic (exact) mass is 395 g/mol. The Morgan fingerprint density at radius 2 is 1.79 bits per heavy atom. The maximum absolute atomic E-state index is 12.2. The van der Waals surface area contributed by atoms with Crippen molar-refractivity contribution < 1.29 is 14.3 Å². The van der Waals surface area contributed by atoms with Crippen molar-refractivity contribution >= 4 is 29.3 Å². The Balaban J connectivity index is 1.61. The van der Waals surface area contributed by atoms with E-state index in [0.29, 0.717) is 11.4 Å². The molecule has 0 aliphatic carbocycles. The number of ether oxygens (including phenoxy) is 1. The number of carbonyl (C=O) groups excluding carboxylic acids is 2. The van der Waals surface area contributed by atoms with Crippen LogP contribution >= 0.6 is 11.8 Å². The first kappa shape index (κ1) is 19.7. The van der Waals surface area contributed by atoms with E-state index < -0.39 is 0 Å². The van der Waals surface area contributed by atoms with Crippen molar-refractivity contribution in [2.75, 3.05) is 11.1 Å². The maximum Gasteiger partial charge on any atom is 0.321 e. The number of nitrogens with zero attached hydrogens (tertiary/aromatic N) is 2. The summed E-state index contributed by atoms with van der Waals surface area (Å²) in [4.78, 5) is 27.6. The molecule has 2 aromatic carbocycles. The average molecular weight is 395 g/mol. The molecule has 0 saturated carbocycles. The molecule has 28 heavy (non-hydrogen) atoms. The zero-order chi connectivity index (χ0) is 20.1. The maximum atomic E-state index is 12.2. The molecule has 3 aromatic rings. The fourth-order valence-corrected chi connectivity index (χ4v) is 3.52. The van der Waals surface area contributed by atoms with Gasteiger partial charge in [-0.15, -0.1) is 0 Å². The Bertz CT molecular complexity index is 976. The first-order chi connectivity index (χ1) is 13.4. The third kappa shape index (κ3) is 5.23. The van der Waals surface area contributed by atoms with Crippen LogP contribution in [0.3, 0.4) is 0 Å². The van der Waals surface area contributed by atoms with Crippen LogP contribution in [-0.4, -0.2) is 27.2 Å². The molecule has 1 heterocycles. The summed E-state index contributed by atoms with van der Waals surface area (Å²) in [5.41, 5.74) is 4.00. The van der Waals surface area contributed by atoms with E-state index in [1.165, 1.54) is 29.8 Å². The predicted molar refractivity (Wildman–Crippen MR) is 110 cm³/mol.